The highest BCUT2D eigenvalue weighted by Crippen LogP contribution is 2.55. The minimum absolute atomic E-state index is 0.121. The van der Waals surface area contributed by atoms with E-state index in [9.17, 15) is 19.8 Å². The summed E-state index contributed by atoms with van der Waals surface area (Å²) in [6.07, 6.45) is 0. The van der Waals surface area contributed by atoms with Crippen LogP contribution in [0.5, 0.6) is 5.75 Å². The van der Waals surface area contributed by atoms with Crippen LogP contribution in [-0.2, 0) is 5.72 Å². The predicted octanol–water partition coefficient (Wildman–Crippen LogP) is 4.03. The molecule has 0 bridgehead atoms. The minimum atomic E-state index is -1.91. The van der Waals surface area contributed by atoms with E-state index in [1.165, 1.54) is 11.0 Å². The lowest BCUT2D eigenvalue weighted by Gasteiger charge is -2.44. The number of nitrogens with zero attached hydrogens (tertiary/aromatic N) is 1. The first-order chi connectivity index (χ1) is 16.3. The Balaban J connectivity index is 1.73. The maximum atomic E-state index is 13.9. The van der Waals surface area contributed by atoms with E-state index < -0.39 is 11.6 Å². The van der Waals surface area contributed by atoms with Crippen molar-refractivity contribution < 1.29 is 19.8 Å². The Labute approximate surface area is 201 Å². The molecule has 34 heavy (non-hydrogen) atoms. The van der Waals surface area contributed by atoms with Gasteiger partial charge in [0, 0.05) is 51.0 Å². The first kappa shape index (κ1) is 21.0. The van der Waals surface area contributed by atoms with E-state index in [1.807, 2.05) is 19.1 Å². The number of fused-ring (bicyclic) bond motifs is 5. The summed E-state index contributed by atoms with van der Waals surface area (Å²) in [5.74, 6) is -1.80. The van der Waals surface area contributed by atoms with Crippen molar-refractivity contribution in [3.8, 4) is 5.75 Å². The van der Waals surface area contributed by atoms with Crippen LogP contribution in [0.2, 0.25) is 5.02 Å². The number of phenolic OH excluding ortho intramolecular Hbond substituents is 1. The summed E-state index contributed by atoms with van der Waals surface area (Å²) in [4.78, 5) is 28.8. The van der Waals surface area contributed by atoms with E-state index in [0.717, 1.165) is 5.56 Å². The molecule has 3 aromatic carbocycles. The lowest BCUT2D eigenvalue weighted by Crippen LogP contribution is -2.54. The number of carbonyl (C=O) groups is 2. The number of benzene rings is 3. The molecule has 3 atom stereocenters. The molecule has 1 aliphatic carbocycles. The quantitative estimate of drug-likeness (QED) is 0.497. The molecule has 170 valence electrons. The molecule has 3 aliphatic rings. The van der Waals surface area contributed by atoms with Gasteiger partial charge in [-0.2, -0.15) is 0 Å². The second-order valence-corrected chi connectivity index (χ2v) is 9.47. The molecular formula is C27H21ClN2O4. The summed E-state index contributed by atoms with van der Waals surface area (Å²) >= 11 is 6.33. The lowest BCUT2D eigenvalue weighted by atomic mass is 9.76. The van der Waals surface area contributed by atoms with Crippen LogP contribution in [0.25, 0.3) is 5.70 Å². The number of carbonyl (C=O) groups excluding carboxylic acids is 2. The molecule has 0 spiro atoms. The number of phenols is 1. The summed E-state index contributed by atoms with van der Waals surface area (Å²) in [5, 5.41) is 27.3. The zero-order valence-corrected chi connectivity index (χ0v) is 19.0. The standard InChI is InChI=1S/C27H21ClN2O4/c1-14-13-30-26(33)18-8-4-5-9-20(18)27(30,34)23(19-12-15(28)10-11-21(19)31)22-24(29-14)16-6-2-3-7-17(16)25(22)32/h2-12,14,23,29,31,34H,13H2,1H3/t14-,23+,27+/m1/s1. The van der Waals surface area contributed by atoms with Gasteiger partial charge in [0.1, 0.15) is 5.75 Å². The molecule has 0 radical (unpaired) electrons. The van der Waals surface area contributed by atoms with Crippen LogP contribution < -0.4 is 5.32 Å². The van der Waals surface area contributed by atoms with E-state index in [1.54, 1.807) is 48.5 Å². The molecule has 0 saturated heterocycles. The second kappa shape index (κ2) is 7.19. The first-order valence-electron chi connectivity index (χ1n) is 11.1. The van der Waals surface area contributed by atoms with Gasteiger partial charge in [-0.1, -0.05) is 54.1 Å². The summed E-state index contributed by atoms with van der Waals surface area (Å²) in [7, 11) is 0. The molecule has 3 N–H and O–H groups in total. The third kappa shape index (κ3) is 2.67. The SMILES string of the molecule is C[C@@H]1CN2C(=O)c3ccccc3[C@]2(O)[C@@H](c2cc(Cl)ccc2O)C2=C(N1)c1ccccc1C2=O. The molecule has 3 aromatic rings. The Bertz CT molecular complexity index is 1430. The van der Waals surface area contributed by atoms with Gasteiger partial charge in [-0.05, 0) is 31.2 Å². The third-order valence-corrected chi connectivity index (χ3v) is 7.24. The van der Waals surface area contributed by atoms with Crippen LogP contribution in [-0.4, -0.2) is 39.4 Å². The van der Waals surface area contributed by atoms with Gasteiger partial charge in [-0.15, -0.1) is 0 Å². The average molecular weight is 473 g/mol. The van der Waals surface area contributed by atoms with E-state index in [4.69, 9.17) is 11.6 Å². The number of rotatable bonds is 1. The van der Waals surface area contributed by atoms with Gasteiger partial charge in [-0.25, -0.2) is 0 Å². The van der Waals surface area contributed by atoms with Gasteiger partial charge in [0.25, 0.3) is 5.91 Å². The monoisotopic (exact) mass is 472 g/mol. The molecule has 0 unspecified atom stereocenters. The first-order valence-corrected chi connectivity index (χ1v) is 11.5. The molecule has 6 nitrogen and oxygen atoms in total. The number of ketones is 1. The summed E-state index contributed by atoms with van der Waals surface area (Å²) in [6, 6.07) is 18.4. The molecule has 6 rings (SSSR count). The van der Waals surface area contributed by atoms with E-state index in [2.05, 4.69) is 5.32 Å². The predicted molar refractivity (Wildman–Crippen MR) is 128 cm³/mol. The van der Waals surface area contributed by atoms with Crippen molar-refractivity contribution in [2.75, 3.05) is 6.54 Å². The van der Waals surface area contributed by atoms with Gasteiger partial charge < -0.3 is 20.4 Å². The molecule has 0 fully saturated rings. The number of aromatic hydroxyl groups is 1. The fraction of sp³-hybridized carbons (Fsp3) is 0.185. The van der Waals surface area contributed by atoms with E-state index >= 15 is 0 Å². The highest BCUT2D eigenvalue weighted by atomic mass is 35.5. The maximum absolute atomic E-state index is 13.9. The Morgan fingerprint density at radius 3 is 2.44 bits per heavy atom. The van der Waals surface area contributed by atoms with Crippen molar-refractivity contribution >= 4 is 29.0 Å². The summed E-state index contributed by atoms with van der Waals surface area (Å²) in [5.41, 5.74) is 1.26. The number of nitrogens with one attached hydrogen (secondary N) is 1. The van der Waals surface area contributed by atoms with Crippen molar-refractivity contribution in [3.05, 3.63) is 105 Å². The molecule has 2 heterocycles. The Morgan fingerprint density at radius 1 is 1.00 bits per heavy atom. The highest BCUT2D eigenvalue weighted by molar-refractivity contribution is 6.30. The van der Waals surface area contributed by atoms with Crippen molar-refractivity contribution in [1.29, 1.82) is 0 Å². The Hall–Kier alpha value is -3.61. The van der Waals surface area contributed by atoms with Crippen LogP contribution in [0, 0.1) is 0 Å². The van der Waals surface area contributed by atoms with Gasteiger partial charge in [0.05, 0.1) is 11.6 Å². The van der Waals surface area contributed by atoms with Crippen LogP contribution in [0.4, 0.5) is 0 Å². The number of halogens is 1. The zero-order valence-electron chi connectivity index (χ0n) is 18.2. The third-order valence-electron chi connectivity index (χ3n) is 7.00. The van der Waals surface area contributed by atoms with Crippen LogP contribution in [0.15, 0.2) is 72.3 Å². The molecular weight excluding hydrogens is 452 g/mol. The van der Waals surface area contributed by atoms with Crippen LogP contribution in [0.1, 0.15) is 50.2 Å². The topological polar surface area (TPSA) is 89.9 Å². The number of hydrogen-bond acceptors (Lipinski definition) is 5. The van der Waals surface area contributed by atoms with Crippen molar-refractivity contribution in [2.45, 2.75) is 24.6 Å². The second-order valence-electron chi connectivity index (χ2n) is 9.03. The van der Waals surface area contributed by atoms with Crippen LogP contribution in [0.3, 0.4) is 0 Å². The number of hydrogen-bond donors (Lipinski definition) is 3. The molecule has 7 heteroatoms. The number of aliphatic hydroxyl groups is 1. The number of amides is 1. The Morgan fingerprint density at radius 2 is 1.68 bits per heavy atom. The maximum Gasteiger partial charge on any atom is 0.256 e. The van der Waals surface area contributed by atoms with E-state index in [-0.39, 0.29) is 35.6 Å². The minimum Gasteiger partial charge on any atom is -0.508 e. The van der Waals surface area contributed by atoms with Crippen molar-refractivity contribution in [2.24, 2.45) is 0 Å². The normalized spacial score (nSPS) is 25.2. The van der Waals surface area contributed by atoms with Gasteiger partial charge in [-0.3, -0.25) is 9.59 Å². The smallest absolute Gasteiger partial charge is 0.256 e. The van der Waals surface area contributed by atoms with Gasteiger partial charge in [0.15, 0.2) is 11.5 Å². The Kier molecular flexibility index (Phi) is 4.43. The average Bonchev–Trinajstić information content (AvgIpc) is 3.20. The van der Waals surface area contributed by atoms with Gasteiger partial charge >= 0.3 is 0 Å². The molecule has 2 aliphatic heterocycles. The zero-order chi connectivity index (χ0) is 23.8. The lowest BCUT2D eigenvalue weighted by molar-refractivity contribution is -0.100. The van der Waals surface area contributed by atoms with E-state index in [0.29, 0.717) is 33.0 Å². The largest absolute Gasteiger partial charge is 0.508 e. The van der Waals surface area contributed by atoms with Crippen molar-refractivity contribution in [1.82, 2.24) is 10.2 Å². The fourth-order valence-corrected chi connectivity index (χ4v) is 5.78. The van der Waals surface area contributed by atoms with Crippen LogP contribution >= 0.6 is 11.6 Å². The number of Topliss-reactive ketones (excluding diaryl/α,β-unsaturated/α-hetero) is 1. The highest BCUT2D eigenvalue weighted by Gasteiger charge is 2.58. The summed E-state index contributed by atoms with van der Waals surface area (Å²) < 4.78 is 0. The van der Waals surface area contributed by atoms with Gasteiger partial charge in [0.2, 0.25) is 0 Å². The molecule has 0 saturated carbocycles. The molecule has 0 aromatic heterocycles. The van der Waals surface area contributed by atoms with Crippen molar-refractivity contribution in [3.63, 3.8) is 0 Å². The molecule has 1 amide bonds. The fourth-order valence-electron chi connectivity index (χ4n) is 5.60. The summed E-state index contributed by atoms with van der Waals surface area (Å²) in [6.45, 7) is 2.10.